The largest absolute Gasteiger partial charge is 0.513 e. The Bertz CT molecular complexity index is 435. The van der Waals surface area contributed by atoms with E-state index in [1.165, 1.54) is 30.0 Å². The number of nitro groups is 1. The van der Waals surface area contributed by atoms with E-state index in [9.17, 15) is 14.9 Å². The summed E-state index contributed by atoms with van der Waals surface area (Å²) in [4.78, 5) is 21.7. The molecule has 0 heterocycles. The fraction of sp³-hybridized carbons (Fsp3) is 0.300. The summed E-state index contributed by atoms with van der Waals surface area (Å²) in [7, 11) is 0. The van der Waals surface area contributed by atoms with Crippen molar-refractivity contribution >= 4 is 23.6 Å². The van der Waals surface area contributed by atoms with Crippen LogP contribution in [0.5, 0.6) is 5.75 Å². The van der Waals surface area contributed by atoms with Gasteiger partial charge in [0.25, 0.3) is 5.69 Å². The van der Waals surface area contributed by atoms with E-state index in [1.807, 2.05) is 0 Å². The molecule has 1 aromatic carbocycles. The van der Waals surface area contributed by atoms with Crippen molar-refractivity contribution in [2.75, 3.05) is 12.9 Å². The standard InChI is InChI=1S/C10H11NO5S/c1-3-15-10(12)16-8-5-4-7(11(13)14)6-9(8)17-2/h4-6H,3H2,1-2H3. The Morgan fingerprint density at radius 3 is 2.76 bits per heavy atom. The van der Waals surface area contributed by atoms with Gasteiger partial charge < -0.3 is 9.47 Å². The van der Waals surface area contributed by atoms with Crippen LogP contribution < -0.4 is 4.74 Å². The number of non-ortho nitro benzene ring substituents is 1. The number of hydrogen-bond acceptors (Lipinski definition) is 6. The maximum Gasteiger partial charge on any atom is 0.513 e. The van der Waals surface area contributed by atoms with E-state index in [2.05, 4.69) is 4.74 Å². The van der Waals surface area contributed by atoms with Crippen LogP contribution in [0.15, 0.2) is 23.1 Å². The first-order valence-corrected chi connectivity index (χ1v) is 5.98. The van der Waals surface area contributed by atoms with Gasteiger partial charge in [0, 0.05) is 12.1 Å². The molecule has 0 saturated carbocycles. The highest BCUT2D eigenvalue weighted by molar-refractivity contribution is 7.98. The predicted octanol–water partition coefficient (Wildman–Crippen LogP) is 2.85. The number of carbonyl (C=O) groups excluding carboxylic acids is 1. The zero-order valence-corrected chi connectivity index (χ0v) is 10.2. The molecule has 0 spiro atoms. The molecule has 0 fully saturated rings. The van der Waals surface area contributed by atoms with Crippen molar-refractivity contribution < 1.29 is 19.2 Å². The molecule has 1 aromatic rings. The number of benzene rings is 1. The Hall–Kier alpha value is -1.76. The summed E-state index contributed by atoms with van der Waals surface area (Å²) in [5.41, 5.74) is -0.0504. The van der Waals surface area contributed by atoms with Gasteiger partial charge in [-0.05, 0) is 19.2 Å². The minimum atomic E-state index is -0.823. The number of ether oxygens (including phenoxy) is 2. The fourth-order valence-corrected chi connectivity index (χ4v) is 1.64. The number of nitro benzene ring substituents is 1. The molecule has 92 valence electrons. The van der Waals surface area contributed by atoms with Crippen molar-refractivity contribution in [3.05, 3.63) is 28.3 Å². The highest BCUT2D eigenvalue weighted by Gasteiger charge is 2.14. The second-order valence-electron chi connectivity index (χ2n) is 2.88. The number of hydrogen-bond donors (Lipinski definition) is 0. The number of nitrogens with zero attached hydrogens (tertiary/aromatic N) is 1. The molecule has 6 nitrogen and oxygen atoms in total. The summed E-state index contributed by atoms with van der Waals surface area (Å²) in [6, 6.07) is 3.99. The minimum Gasteiger partial charge on any atom is -0.434 e. The molecule has 0 aliphatic carbocycles. The smallest absolute Gasteiger partial charge is 0.434 e. The van der Waals surface area contributed by atoms with Crippen LogP contribution in [-0.2, 0) is 4.74 Å². The molecule has 0 radical (unpaired) electrons. The molecule has 0 amide bonds. The number of rotatable bonds is 4. The van der Waals surface area contributed by atoms with E-state index in [0.29, 0.717) is 4.90 Å². The SMILES string of the molecule is CCOC(=O)Oc1ccc([N+](=O)[O-])cc1SC. The van der Waals surface area contributed by atoms with Crippen LogP contribution in [0.3, 0.4) is 0 Å². The Morgan fingerprint density at radius 2 is 2.24 bits per heavy atom. The number of thioether (sulfide) groups is 1. The van der Waals surface area contributed by atoms with Gasteiger partial charge in [-0.25, -0.2) is 4.79 Å². The molecule has 0 unspecified atom stereocenters. The van der Waals surface area contributed by atoms with Crippen LogP contribution in [0, 0.1) is 10.1 Å². The third-order valence-electron chi connectivity index (χ3n) is 1.81. The van der Waals surface area contributed by atoms with E-state index in [4.69, 9.17) is 4.74 Å². The van der Waals surface area contributed by atoms with Gasteiger partial charge in [0.05, 0.1) is 16.4 Å². The van der Waals surface area contributed by atoms with Gasteiger partial charge in [0.1, 0.15) is 5.75 Å². The summed E-state index contributed by atoms with van der Waals surface area (Å²) in [5, 5.41) is 10.6. The van der Waals surface area contributed by atoms with Crippen LogP contribution in [0.4, 0.5) is 10.5 Å². The molecule has 0 saturated heterocycles. The molecule has 7 heteroatoms. The predicted molar refractivity (Wildman–Crippen MR) is 62.5 cm³/mol. The Kier molecular flexibility index (Phi) is 4.77. The lowest BCUT2D eigenvalue weighted by molar-refractivity contribution is -0.385. The van der Waals surface area contributed by atoms with Crippen LogP contribution in [0.25, 0.3) is 0 Å². The molecule has 0 bridgehead atoms. The first-order valence-electron chi connectivity index (χ1n) is 4.75. The van der Waals surface area contributed by atoms with Gasteiger partial charge in [-0.2, -0.15) is 0 Å². The molecule has 0 N–H and O–H groups in total. The van der Waals surface area contributed by atoms with Gasteiger partial charge in [-0.15, -0.1) is 11.8 Å². The summed E-state index contributed by atoms with van der Waals surface area (Å²) in [6.45, 7) is 1.87. The lowest BCUT2D eigenvalue weighted by Gasteiger charge is -2.07. The minimum absolute atomic E-state index is 0.0504. The van der Waals surface area contributed by atoms with E-state index in [0.717, 1.165) is 0 Å². The van der Waals surface area contributed by atoms with Gasteiger partial charge in [0.2, 0.25) is 0 Å². The lowest BCUT2D eigenvalue weighted by Crippen LogP contribution is -2.10. The normalized spacial score (nSPS) is 9.76. The van der Waals surface area contributed by atoms with Crippen molar-refractivity contribution in [1.29, 1.82) is 0 Å². The van der Waals surface area contributed by atoms with Crippen LogP contribution in [-0.4, -0.2) is 23.9 Å². The van der Waals surface area contributed by atoms with Crippen molar-refractivity contribution in [2.24, 2.45) is 0 Å². The second kappa shape index (κ2) is 6.09. The van der Waals surface area contributed by atoms with Crippen molar-refractivity contribution in [3.63, 3.8) is 0 Å². The molecule has 0 atom stereocenters. The molecular formula is C10H11NO5S. The van der Waals surface area contributed by atoms with Crippen molar-refractivity contribution in [2.45, 2.75) is 11.8 Å². The molecule has 0 aliphatic heterocycles. The maximum atomic E-state index is 11.1. The van der Waals surface area contributed by atoms with E-state index >= 15 is 0 Å². The van der Waals surface area contributed by atoms with Gasteiger partial charge >= 0.3 is 6.16 Å². The highest BCUT2D eigenvalue weighted by atomic mass is 32.2. The second-order valence-corrected chi connectivity index (χ2v) is 3.73. The zero-order chi connectivity index (χ0) is 12.8. The highest BCUT2D eigenvalue weighted by Crippen LogP contribution is 2.31. The monoisotopic (exact) mass is 257 g/mol. The molecule has 1 rings (SSSR count). The van der Waals surface area contributed by atoms with E-state index in [-0.39, 0.29) is 18.0 Å². The Balaban J connectivity index is 2.92. The summed E-state index contributed by atoms with van der Waals surface area (Å²) in [5.74, 6) is 0.251. The topological polar surface area (TPSA) is 78.7 Å². The summed E-state index contributed by atoms with van der Waals surface area (Å²) in [6.07, 6.45) is 0.911. The average Bonchev–Trinajstić information content (AvgIpc) is 2.29. The van der Waals surface area contributed by atoms with Gasteiger partial charge in [0.15, 0.2) is 0 Å². The van der Waals surface area contributed by atoms with Crippen LogP contribution in [0.1, 0.15) is 6.92 Å². The molecule has 17 heavy (non-hydrogen) atoms. The first kappa shape index (κ1) is 13.3. The van der Waals surface area contributed by atoms with Crippen LogP contribution in [0.2, 0.25) is 0 Å². The maximum absolute atomic E-state index is 11.1. The van der Waals surface area contributed by atoms with Crippen molar-refractivity contribution in [3.8, 4) is 5.75 Å². The average molecular weight is 257 g/mol. The quantitative estimate of drug-likeness (QED) is 0.271. The van der Waals surface area contributed by atoms with Crippen molar-refractivity contribution in [1.82, 2.24) is 0 Å². The van der Waals surface area contributed by atoms with E-state index < -0.39 is 11.1 Å². The van der Waals surface area contributed by atoms with Gasteiger partial charge in [-0.3, -0.25) is 10.1 Å². The van der Waals surface area contributed by atoms with Gasteiger partial charge in [-0.1, -0.05) is 0 Å². The molecule has 0 aromatic heterocycles. The number of carbonyl (C=O) groups is 1. The fourth-order valence-electron chi connectivity index (χ4n) is 1.09. The first-order chi connectivity index (χ1) is 8.08. The third kappa shape index (κ3) is 3.63. The zero-order valence-electron chi connectivity index (χ0n) is 9.34. The van der Waals surface area contributed by atoms with E-state index in [1.54, 1.807) is 13.2 Å². The third-order valence-corrected chi connectivity index (χ3v) is 2.57. The Morgan fingerprint density at radius 1 is 1.53 bits per heavy atom. The summed E-state index contributed by atoms with van der Waals surface area (Å²) < 4.78 is 9.53. The Labute approximate surface area is 102 Å². The molecular weight excluding hydrogens is 246 g/mol. The molecule has 0 aliphatic rings. The summed E-state index contributed by atoms with van der Waals surface area (Å²) >= 11 is 1.25. The van der Waals surface area contributed by atoms with Crippen LogP contribution >= 0.6 is 11.8 Å². The lowest BCUT2D eigenvalue weighted by atomic mass is 10.3.